The number of ether oxygens (including phenoxy) is 2. The van der Waals surface area contributed by atoms with Crippen molar-refractivity contribution in [1.82, 2.24) is 9.71 Å². The fraction of sp³-hybridized carbons (Fsp3) is 0.357. The maximum atomic E-state index is 12.3. The van der Waals surface area contributed by atoms with Gasteiger partial charge in [0.2, 0.25) is 10.0 Å². The minimum atomic E-state index is -3.57. The first-order valence-corrected chi connectivity index (χ1v) is 9.15. The molecule has 0 unspecified atom stereocenters. The molecule has 1 aliphatic heterocycles. The number of nitrogens with one attached hydrogen (secondary N) is 1. The summed E-state index contributed by atoms with van der Waals surface area (Å²) < 4.78 is 38.0. The van der Waals surface area contributed by atoms with Crippen LogP contribution in [-0.4, -0.2) is 33.2 Å². The topological polar surface area (TPSA) is 77.5 Å². The summed E-state index contributed by atoms with van der Waals surface area (Å²) in [6.07, 6.45) is 2.36. The van der Waals surface area contributed by atoms with E-state index in [0.717, 1.165) is 9.88 Å². The summed E-state index contributed by atoms with van der Waals surface area (Å²) in [7, 11) is -3.57. The average Bonchev–Trinajstić information content (AvgIpc) is 2.92. The van der Waals surface area contributed by atoms with Gasteiger partial charge in [-0.05, 0) is 19.1 Å². The zero-order chi connectivity index (χ0) is 15.6. The Bertz CT molecular complexity index is 771. The van der Waals surface area contributed by atoms with E-state index in [-0.39, 0.29) is 4.90 Å². The van der Waals surface area contributed by atoms with Crippen molar-refractivity contribution in [2.75, 3.05) is 19.8 Å². The first kappa shape index (κ1) is 15.3. The highest BCUT2D eigenvalue weighted by Crippen LogP contribution is 2.32. The van der Waals surface area contributed by atoms with E-state index in [9.17, 15) is 8.42 Å². The molecular formula is C14H16N2O4S2. The van der Waals surface area contributed by atoms with E-state index in [4.69, 9.17) is 9.47 Å². The maximum Gasteiger partial charge on any atom is 0.240 e. The summed E-state index contributed by atoms with van der Waals surface area (Å²) in [5, 5.41) is 0.919. The molecule has 0 saturated carbocycles. The zero-order valence-electron chi connectivity index (χ0n) is 12.0. The van der Waals surface area contributed by atoms with Gasteiger partial charge in [0.1, 0.15) is 13.2 Å². The lowest BCUT2D eigenvalue weighted by atomic mass is 10.3. The van der Waals surface area contributed by atoms with Crippen LogP contribution in [0.15, 0.2) is 29.3 Å². The second-order valence-corrected chi connectivity index (χ2v) is 7.90. The van der Waals surface area contributed by atoms with Crippen LogP contribution in [0.5, 0.6) is 11.5 Å². The third-order valence-corrected chi connectivity index (χ3v) is 5.56. The zero-order valence-corrected chi connectivity index (χ0v) is 13.7. The summed E-state index contributed by atoms with van der Waals surface area (Å²) in [6.45, 7) is 3.18. The number of aromatic nitrogens is 1. The normalized spacial score (nSPS) is 14.0. The van der Waals surface area contributed by atoms with Crippen molar-refractivity contribution in [3.63, 3.8) is 0 Å². The van der Waals surface area contributed by atoms with Gasteiger partial charge in [0.15, 0.2) is 11.5 Å². The van der Waals surface area contributed by atoms with Gasteiger partial charge in [-0.15, -0.1) is 11.3 Å². The number of hydrogen-bond acceptors (Lipinski definition) is 6. The SMILES string of the molecule is Cc1cnc(CCNS(=O)(=O)c2ccc3c(c2)OCCO3)s1. The van der Waals surface area contributed by atoms with Crippen molar-refractivity contribution in [3.05, 3.63) is 34.3 Å². The van der Waals surface area contributed by atoms with Crippen molar-refractivity contribution in [1.29, 1.82) is 0 Å². The van der Waals surface area contributed by atoms with Crippen LogP contribution < -0.4 is 14.2 Å². The van der Waals surface area contributed by atoms with E-state index in [1.165, 1.54) is 12.1 Å². The number of sulfonamides is 1. The van der Waals surface area contributed by atoms with Crippen LogP contribution in [0.4, 0.5) is 0 Å². The number of hydrogen-bond donors (Lipinski definition) is 1. The van der Waals surface area contributed by atoms with Crippen molar-refractivity contribution in [3.8, 4) is 11.5 Å². The molecule has 0 fully saturated rings. The van der Waals surface area contributed by atoms with Gasteiger partial charge in [-0.2, -0.15) is 0 Å². The van der Waals surface area contributed by atoms with Gasteiger partial charge in [0.25, 0.3) is 0 Å². The predicted molar refractivity (Wildman–Crippen MR) is 83.2 cm³/mol. The van der Waals surface area contributed by atoms with Crippen molar-refractivity contribution >= 4 is 21.4 Å². The number of benzene rings is 1. The molecule has 2 heterocycles. The standard InChI is InChI=1S/C14H16N2O4S2/c1-10-9-15-14(21-10)4-5-16-22(17,18)11-2-3-12-13(8-11)20-7-6-19-12/h2-3,8-9,16H,4-7H2,1H3. The highest BCUT2D eigenvalue weighted by molar-refractivity contribution is 7.89. The Labute approximate surface area is 133 Å². The molecule has 3 rings (SSSR count). The Morgan fingerprint density at radius 1 is 1.27 bits per heavy atom. The maximum absolute atomic E-state index is 12.3. The molecule has 0 radical (unpaired) electrons. The number of aryl methyl sites for hydroxylation is 1. The van der Waals surface area contributed by atoms with Crippen LogP contribution in [0.1, 0.15) is 9.88 Å². The summed E-state index contributed by atoms with van der Waals surface area (Å²) in [5.41, 5.74) is 0. The Morgan fingerprint density at radius 2 is 2.05 bits per heavy atom. The van der Waals surface area contributed by atoms with Gasteiger partial charge in [-0.25, -0.2) is 18.1 Å². The fourth-order valence-corrected chi connectivity index (χ4v) is 3.92. The minimum Gasteiger partial charge on any atom is -0.486 e. The fourth-order valence-electron chi connectivity index (χ4n) is 2.08. The van der Waals surface area contributed by atoms with Crippen LogP contribution in [0, 0.1) is 6.92 Å². The minimum absolute atomic E-state index is 0.173. The van der Waals surface area contributed by atoms with Crippen LogP contribution in [-0.2, 0) is 16.4 Å². The highest BCUT2D eigenvalue weighted by Gasteiger charge is 2.19. The number of nitrogens with zero attached hydrogens (tertiary/aromatic N) is 1. The van der Waals surface area contributed by atoms with E-state index in [1.807, 2.05) is 6.92 Å². The molecule has 0 aliphatic carbocycles. The molecule has 1 aromatic heterocycles. The van der Waals surface area contributed by atoms with Crippen LogP contribution in [0.2, 0.25) is 0 Å². The molecule has 0 amide bonds. The lowest BCUT2D eigenvalue weighted by Crippen LogP contribution is -2.26. The Balaban J connectivity index is 1.67. The Morgan fingerprint density at radius 3 is 2.77 bits per heavy atom. The van der Waals surface area contributed by atoms with Crippen LogP contribution in [0.25, 0.3) is 0 Å². The second kappa shape index (κ2) is 6.23. The third-order valence-electron chi connectivity index (χ3n) is 3.12. The molecule has 2 aromatic rings. The molecule has 6 nitrogen and oxygen atoms in total. The predicted octanol–water partition coefficient (Wildman–Crippen LogP) is 1.74. The molecule has 0 atom stereocenters. The monoisotopic (exact) mass is 340 g/mol. The number of fused-ring (bicyclic) bond motifs is 1. The van der Waals surface area contributed by atoms with Gasteiger partial charge in [-0.3, -0.25) is 0 Å². The lowest BCUT2D eigenvalue weighted by molar-refractivity contribution is 0.171. The Hall–Kier alpha value is -1.64. The van der Waals surface area contributed by atoms with E-state index in [0.29, 0.717) is 37.7 Å². The van der Waals surface area contributed by atoms with Crippen LogP contribution in [0.3, 0.4) is 0 Å². The molecule has 1 aliphatic rings. The average molecular weight is 340 g/mol. The van der Waals surface area contributed by atoms with Crippen molar-refractivity contribution in [2.45, 2.75) is 18.2 Å². The van der Waals surface area contributed by atoms with E-state index < -0.39 is 10.0 Å². The highest BCUT2D eigenvalue weighted by atomic mass is 32.2. The summed E-state index contributed by atoms with van der Waals surface area (Å²) in [4.78, 5) is 5.50. The lowest BCUT2D eigenvalue weighted by Gasteiger charge is -2.18. The number of rotatable bonds is 5. The molecule has 0 saturated heterocycles. The van der Waals surface area contributed by atoms with Crippen molar-refractivity contribution < 1.29 is 17.9 Å². The van der Waals surface area contributed by atoms with E-state index in [1.54, 1.807) is 23.6 Å². The van der Waals surface area contributed by atoms with Gasteiger partial charge >= 0.3 is 0 Å². The van der Waals surface area contributed by atoms with Gasteiger partial charge < -0.3 is 9.47 Å². The summed E-state index contributed by atoms with van der Waals surface area (Å²) >= 11 is 1.57. The first-order chi connectivity index (χ1) is 10.5. The molecule has 8 heteroatoms. The Kier molecular flexibility index (Phi) is 4.32. The van der Waals surface area contributed by atoms with Crippen LogP contribution >= 0.6 is 11.3 Å². The van der Waals surface area contributed by atoms with E-state index in [2.05, 4.69) is 9.71 Å². The molecular weight excluding hydrogens is 324 g/mol. The third kappa shape index (κ3) is 3.40. The van der Waals surface area contributed by atoms with Crippen molar-refractivity contribution in [2.24, 2.45) is 0 Å². The summed E-state index contributed by atoms with van der Waals surface area (Å²) in [6, 6.07) is 4.63. The summed E-state index contributed by atoms with van der Waals surface area (Å²) in [5.74, 6) is 1.04. The molecule has 1 aromatic carbocycles. The second-order valence-electron chi connectivity index (χ2n) is 4.82. The quantitative estimate of drug-likeness (QED) is 0.897. The molecule has 22 heavy (non-hydrogen) atoms. The number of thiazole rings is 1. The molecule has 1 N–H and O–H groups in total. The molecule has 0 bridgehead atoms. The molecule has 118 valence electrons. The van der Waals surface area contributed by atoms with Gasteiger partial charge in [-0.1, -0.05) is 0 Å². The van der Waals surface area contributed by atoms with Gasteiger partial charge in [0, 0.05) is 30.1 Å². The smallest absolute Gasteiger partial charge is 0.240 e. The van der Waals surface area contributed by atoms with E-state index >= 15 is 0 Å². The largest absolute Gasteiger partial charge is 0.486 e. The van der Waals surface area contributed by atoms with Gasteiger partial charge in [0.05, 0.1) is 9.90 Å². The first-order valence-electron chi connectivity index (χ1n) is 6.85. The molecule has 0 spiro atoms.